The van der Waals surface area contributed by atoms with Crippen LogP contribution in [0.25, 0.3) is 6.08 Å². The smallest absolute Gasteiger partial charge is 0.250 e. The minimum absolute atomic E-state index is 0.228. The Balaban J connectivity index is 1.63. The molecule has 0 spiro atoms. The first kappa shape index (κ1) is 18.1. The maximum absolute atomic E-state index is 12.1. The van der Waals surface area contributed by atoms with Gasteiger partial charge in [-0.2, -0.15) is 0 Å². The molecule has 25 heavy (non-hydrogen) atoms. The number of anilines is 1. The number of rotatable bonds is 5. The Morgan fingerprint density at radius 1 is 1.32 bits per heavy atom. The molecule has 1 amide bonds. The van der Waals surface area contributed by atoms with E-state index >= 15 is 0 Å². The van der Waals surface area contributed by atoms with Gasteiger partial charge in [0.2, 0.25) is 11.0 Å². The summed E-state index contributed by atoms with van der Waals surface area (Å²) in [4.78, 5) is 12.1. The molecule has 3 rings (SSSR count). The molecule has 1 aliphatic carbocycles. The van der Waals surface area contributed by atoms with Crippen LogP contribution in [0.1, 0.15) is 48.6 Å². The van der Waals surface area contributed by atoms with Crippen molar-refractivity contribution in [3.63, 3.8) is 0 Å². The highest BCUT2D eigenvalue weighted by Crippen LogP contribution is 2.35. The van der Waals surface area contributed by atoms with Gasteiger partial charge in [-0.05, 0) is 37.1 Å². The molecule has 1 aromatic carbocycles. The summed E-state index contributed by atoms with van der Waals surface area (Å²) in [6.45, 7) is 0. The third-order valence-corrected chi connectivity index (χ3v) is 5.73. The zero-order valence-electron chi connectivity index (χ0n) is 14.0. The predicted octanol–water partition coefficient (Wildman–Crippen LogP) is 5.01. The first-order valence-corrected chi connectivity index (χ1v) is 9.92. The Bertz CT molecular complexity index is 769. The summed E-state index contributed by atoms with van der Waals surface area (Å²) >= 11 is 4.90. The summed E-state index contributed by atoms with van der Waals surface area (Å²) in [7, 11) is 1.61. The molecule has 5 nitrogen and oxygen atoms in total. The van der Waals surface area contributed by atoms with Crippen LogP contribution < -0.4 is 10.1 Å². The molecule has 0 radical (unpaired) electrons. The van der Waals surface area contributed by atoms with Crippen molar-refractivity contribution in [1.82, 2.24) is 10.2 Å². The third-order valence-electron chi connectivity index (χ3n) is 4.23. The molecule has 1 aromatic heterocycles. The largest absolute Gasteiger partial charge is 0.496 e. The molecular weight excluding hydrogens is 402 g/mol. The topological polar surface area (TPSA) is 64.1 Å². The van der Waals surface area contributed by atoms with Crippen molar-refractivity contribution < 1.29 is 9.53 Å². The lowest BCUT2D eigenvalue weighted by Crippen LogP contribution is -2.07. The van der Waals surface area contributed by atoms with Gasteiger partial charge in [-0.1, -0.05) is 46.5 Å². The van der Waals surface area contributed by atoms with Crippen molar-refractivity contribution in [2.24, 2.45) is 0 Å². The van der Waals surface area contributed by atoms with E-state index in [1.54, 1.807) is 13.2 Å². The second kappa shape index (κ2) is 8.58. The average molecular weight is 422 g/mol. The van der Waals surface area contributed by atoms with Gasteiger partial charge >= 0.3 is 0 Å². The number of ether oxygens (including phenoxy) is 1. The SMILES string of the molecule is COc1ccc(Br)cc1/C=C/C(=O)Nc1nnc(C2CCCCC2)s1. The monoisotopic (exact) mass is 421 g/mol. The van der Waals surface area contributed by atoms with Crippen LogP contribution in [0.3, 0.4) is 0 Å². The lowest BCUT2D eigenvalue weighted by atomic mass is 9.90. The molecule has 132 valence electrons. The molecule has 1 fully saturated rings. The molecule has 1 heterocycles. The van der Waals surface area contributed by atoms with E-state index in [0.29, 0.717) is 16.8 Å². The summed E-state index contributed by atoms with van der Waals surface area (Å²) in [6, 6.07) is 5.64. The van der Waals surface area contributed by atoms with E-state index in [1.165, 1.54) is 49.5 Å². The molecule has 0 saturated heterocycles. The Morgan fingerprint density at radius 2 is 2.12 bits per heavy atom. The molecule has 0 unspecified atom stereocenters. The number of methoxy groups -OCH3 is 1. The summed E-state index contributed by atoms with van der Waals surface area (Å²) in [6.07, 6.45) is 9.36. The average Bonchev–Trinajstić information content (AvgIpc) is 3.09. The number of halogens is 1. The number of benzene rings is 1. The quantitative estimate of drug-likeness (QED) is 0.689. The predicted molar refractivity (Wildman–Crippen MR) is 104 cm³/mol. The maximum Gasteiger partial charge on any atom is 0.250 e. The van der Waals surface area contributed by atoms with E-state index < -0.39 is 0 Å². The van der Waals surface area contributed by atoms with Crippen LogP contribution in [-0.4, -0.2) is 23.2 Å². The highest BCUT2D eigenvalue weighted by Gasteiger charge is 2.19. The second-order valence-electron chi connectivity index (χ2n) is 5.99. The van der Waals surface area contributed by atoms with Gasteiger partial charge in [0, 0.05) is 22.0 Å². The van der Waals surface area contributed by atoms with Crippen LogP contribution in [0, 0.1) is 0 Å². The number of nitrogens with zero attached hydrogens (tertiary/aromatic N) is 2. The molecule has 7 heteroatoms. The van der Waals surface area contributed by atoms with Crippen LogP contribution in [0.4, 0.5) is 5.13 Å². The number of carbonyl (C=O) groups is 1. The molecule has 2 aromatic rings. The van der Waals surface area contributed by atoms with Gasteiger partial charge in [-0.3, -0.25) is 10.1 Å². The van der Waals surface area contributed by atoms with E-state index in [0.717, 1.165) is 15.0 Å². The van der Waals surface area contributed by atoms with Crippen LogP contribution >= 0.6 is 27.3 Å². The summed E-state index contributed by atoms with van der Waals surface area (Å²) in [5, 5.41) is 12.7. The highest BCUT2D eigenvalue weighted by molar-refractivity contribution is 9.10. The van der Waals surface area contributed by atoms with Crippen molar-refractivity contribution in [2.45, 2.75) is 38.0 Å². The minimum Gasteiger partial charge on any atom is -0.496 e. The highest BCUT2D eigenvalue weighted by atomic mass is 79.9. The number of carbonyl (C=O) groups excluding carboxylic acids is 1. The van der Waals surface area contributed by atoms with Crippen LogP contribution in [0.15, 0.2) is 28.7 Å². The number of aromatic nitrogens is 2. The third kappa shape index (κ3) is 4.89. The van der Waals surface area contributed by atoms with Crippen molar-refractivity contribution in [2.75, 3.05) is 12.4 Å². The van der Waals surface area contributed by atoms with Gasteiger partial charge in [-0.25, -0.2) is 0 Å². The lowest BCUT2D eigenvalue weighted by molar-refractivity contribution is -0.111. The van der Waals surface area contributed by atoms with Crippen LogP contribution in [0.2, 0.25) is 0 Å². The number of hydrogen-bond donors (Lipinski definition) is 1. The van der Waals surface area contributed by atoms with Crippen LogP contribution in [-0.2, 0) is 4.79 Å². The minimum atomic E-state index is -0.228. The van der Waals surface area contributed by atoms with E-state index in [-0.39, 0.29) is 5.91 Å². The van der Waals surface area contributed by atoms with E-state index in [1.807, 2.05) is 18.2 Å². The van der Waals surface area contributed by atoms with Gasteiger partial charge < -0.3 is 4.74 Å². The fourth-order valence-corrected chi connectivity index (χ4v) is 4.24. The lowest BCUT2D eigenvalue weighted by Gasteiger charge is -2.18. The van der Waals surface area contributed by atoms with Crippen molar-refractivity contribution >= 4 is 44.4 Å². The zero-order chi connectivity index (χ0) is 17.6. The standard InChI is InChI=1S/C18H20BrN3O2S/c1-24-15-9-8-14(19)11-13(15)7-10-16(23)20-18-22-21-17(25-18)12-5-3-2-4-6-12/h7-12H,2-6H2,1H3,(H,20,22,23)/b10-7+. The normalized spacial score (nSPS) is 15.4. The molecule has 0 bridgehead atoms. The van der Waals surface area contributed by atoms with Gasteiger partial charge in [0.25, 0.3) is 0 Å². The summed E-state index contributed by atoms with van der Waals surface area (Å²) in [5.74, 6) is 0.981. The fraction of sp³-hybridized carbons (Fsp3) is 0.389. The Morgan fingerprint density at radius 3 is 2.88 bits per heavy atom. The summed E-state index contributed by atoms with van der Waals surface area (Å²) in [5.41, 5.74) is 0.826. The molecule has 1 aliphatic rings. The fourth-order valence-electron chi connectivity index (χ4n) is 2.95. The number of hydrogen-bond acceptors (Lipinski definition) is 5. The molecular formula is C18H20BrN3O2S. The number of amides is 1. The molecule has 0 atom stereocenters. The zero-order valence-corrected chi connectivity index (χ0v) is 16.4. The second-order valence-corrected chi connectivity index (χ2v) is 7.91. The first-order chi connectivity index (χ1) is 12.2. The molecule has 1 N–H and O–H groups in total. The van der Waals surface area contributed by atoms with Crippen molar-refractivity contribution in [3.05, 3.63) is 39.3 Å². The van der Waals surface area contributed by atoms with E-state index in [9.17, 15) is 4.79 Å². The Hall–Kier alpha value is -1.73. The van der Waals surface area contributed by atoms with Gasteiger partial charge in [0.05, 0.1) is 7.11 Å². The number of nitrogens with one attached hydrogen (secondary N) is 1. The summed E-state index contributed by atoms with van der Waals surface area (Å²) < 4.78 is 6.22. The van der Waals surface area contributed by atoms with Gasteiger partial charge in [0.15, 0.2) is 0 Å². The van der Waals surface area contributed by atoms with E-state index in [2.05, 4.69) is 31.4 Å². The van der Waals surface area contributed by atoms with Gasteiger partial charge in [-0.15, -0.1) is 10.2 Å². The van der Waals surface area contributed by atoms with Crippen LogP contribution in [0.5, 0.6) is 5.75 Å². The Kier molecular flexibility index (Phi) is 6.20. The Labute approximate surface area is 159 Å². The van der Waals surface area contributed by atoms with Crippen molar-refractivity contribution in [3.8, 4) is 5.75 Å². The maximum atomic E-state index is 12.1. The first-order valence-electron chi connectivity index (χ1n) is 8.31. The molecule has 0 aliphatic heterocycles. The van der Waals surface area contributed by atoms with E-state index in [4.69, 9.17) is 4.74 Å². The van der Waals surface area contributed by atoms with Gasteiger partial charge in [0.1, 0.15) is 10.8 Å². The van der Waals surface area contributed by atoms with Crippen molar-refractivity contribution in [1.29, 1.82) is 0 Å². The molecule has 1 saturated carbocycles.